The summed E-state index contributed by atoms with van der Waals surface area (Å²) >= 11 is 0. The third-order valence-corrected chi connectivity index (χ3v) is 20.9. The molecule has 4 aromatic heterocycles. The highest BCUT2D eigenvalue weighted by Gasteiger charge is 2.38. The number of hydrogen-bond acceptors (Lipinski definition) is 12. The number of aryl methyl sites for hydroxylation is 4. The van der Waals surface area contributed by atoms with Gasteiger partial charge in [-0.1, -0.05) is 109 Å². The predicted octanol–water partition coefficient (Wildman–Crippen LogP) is 17.0. The van der Waals surface area contributed by atoms with E-state index in [9.17, 15) is 91.0 Å². The molecule has 128 heavy (non-hydrogen) atoms. The lowest BCUT2D eigenvalue weighted by atomic mass is 10.1. The van der Waals surface area contributed by atoms with Crippen LogP contribution in [-0.4, -0.2) is 60.2 Å². The maximum Gasteiger partial charge on any atom is 0.418 e. The zero-order chi connectivity index (χ0) is 92.2. The summed E-state index contributed by atoms with van der Waals surface area (Å²) in [4.78, 5) is 100. The van der Waals surface area contributed by atoms with Crippen LogP contribution in [0.4, 0.5) is 98.2 Å². The molecule has 656 valence electrons. The molecule has 0 radical (unpaired) electrons. The Morgan fingerprint density at radius 2 is 0.539 bits per heavy atom. The van der Waals surface area contributed by atoms with Crippen molar-refractivity contribution in [3.8, 4) is 0 Å². The number of para-hydroxylation sites is 10. The van der Waals surface area contributed by atoms with Crippen LogP contribution in [0.2, 0.25) is 0 Å². The number of hydrogen-bond donors (Lipinski definition) is 8. The lowest BCUT2D eigenvalue weighted by Crippen LogP contribution is -2.23. The molecule has 4 heterocycles. The van der Waals surface area contributed by atoms with Crippen molar-refractivity contribution in [2.24, 2.45) is 28.2 Å². The van der Waals surface area contributed by atoms with E-state index in [0.29, 0.717) is 95.5 Å². The Hall–Kier alpha value is -16.0. The van der Waals surface area contributed by atoms with Crippen molar-refractivity contribution in [3.05, 3.63) is 376 Å². The molecule has 0 aliphatic heterocycles. The van der Waals surface area contributed by atoms with Gasteiger partial charge in [-0.25, -0.2) is 19.2 Å². The summed E-state index contributed by atoms with van der Waals surface area (Å²) in [5, 5.41) is 10.9. The summed E-state index contributed by atoms with van der Waals surface area (Å²) in [6.07, 6.45) is -18.2. The molecular formula is C92H76F12N16O8. The fourth-order valence-electron chi connectivity index (χ4n) is 14.2. The largest absolute Gasteiger partial charge is 0.418 e. The second-order valence-corrected chi connectivity index (χ2v) is 29.4. The van der Waals surface area contributed by atoms with Gasteiger partial charge >= 0.3 is 47.5 Å². The Morgan fingerprint density at radius 3 is 0.883 bits per heavy atom. The molecule has 12 N–H and O–H groups in total. The van der Waals surface area contributed by atoms with Crippen LogP contribution in [0.15, 0.2) is 286 Å². The monoisotopic (exact) mass is 1760 g/mol. The van der Waals surface area contributed by atoms with E-state index >= 15 is 0 Å². The minimum Gasteiger partial charge on any atom is -0.397 e. The SMILES string of the molecule is Cn1c(=O)n(Cc2ccc(C(=O)Nc3ccccc3N)cc2)c2c(C(F)(F)F)cccc21.Cn1c(=O)n(Cc2ccc(C(=O)Nc3ccccc3N)cc2)c2cc(C(F)(F)F)ccc21.Cn1c(=O)n(Cc2ccc(C(=O)Nc3ccccc3N)cc2)c2ccc(C(F)(F)F)cc21.Cn1c(=O)n(Cc2ccc(C(=O)Nc3ccccc3N)cc2)c2cccc(C(F)(F)F)c21. The molecule has 0 bridgehead atoms. The van der Waals surface area contributed by atoms with Crippen molar-refractivity contribution < 1.29 is 71.9 Å². The summed E-state index contributed by atoms with van der Waals surface area (Å²) in [6, 6.07) is 67.2. The molecule has 16 rings (SSSR count). The Labute approximate surface area is 717 Å². The smallest absolute Gasteiger partial charge is 0.397 e. The number of fused-ring (bicyclic) bond motifs is 4. The van der Waals surface area contributed by atoms with E-state index in [1.54, 1.807) is 194 Å². The van der Waals surface area contributed by atoms with E-state index in [-0.39, 0.29) is 82.9 Å². The number of nitrogens with zero attached hydrogens (tertiary/aromatic N) is 8. The Kier molecular flexibility index (Phi) is 25.5. The van der Waals surface area contributed by atoms with Gasteiger partial charge in [0.15, 0.2) is 0 Å². The topological polar surface area (TPSA) is 328 Å². The minimum atomic E-state index is -4.60. The highest BCUT2D eigenvalue weighted by atomic mass is 19.4. The van der Waals surface area contributed by atoms with E-state index < -0.39 is 69.7 Å². The van der Waals surface area contributed by atoms with Crippen molar-refractivity contribution in [3.63, 3.8) is 0 Å². The van der Waals surface area contributed by atoms with Gasteiger partial charge in [0, 0.05) is 50.4 Å². The van der Waals surface area contributed by atoms with Crippen LogP contribution in [-0.2, 0) is 79.1 Å². The number of amides is 4. The standard InChI is InChI=1S/4C23H19F3N4O2/c1-29-20-16(23(24,25)26)5-4-8-19(20)30(22(29)32)13-14-9-11-15(12-10-14)21(31)28-18-7-3-2-6-17(18)27;1-29-19-8-4-5-16(23(24,25)26)20(19)30(22(29)32)13-14-9-11-15(12-10-14)21(31)28-18-7-3-2-6-17(18)27;1-29-20-12-16(23(24,25)26)10-11-19(20)30(22(29)32)13-14-6-8-15(9-7-14)21(31)28-18-5-3-2-4-17(18)27;1-29-19-11-10-16(23(24,25)26)12-20(19)30(22(29)32)13-14-6-8-15(9-7-14)21(31)28-18-5-3-2-4-17(18)27/h4*2-12H,13,27H2,1H3,(H,28,31). The van der Waals surface area contributed by atoms with Crippen molar-refractivity contribution in [2.45, 2.75) is 50.9 Å². The van der Waals surface area contributed by atoms with Crippen molar-refractivity contribution in [1.29, 1.82) is 0 Å². The molecule has 0 aliphatic carbocycles. The molecule has 0 spiro atoms. The quantitative estimate of drug-likeness (QED) is 0.0331. The van der Waals surface area contributed by atoms with Crippen LogP contribution >= 0.6 is 0 Å². The fraction of sp³-hybridized carbons (Fsp3) is 0.130. The second kappa shape index (κ2) is 36.4. The van der Waals surface area contributed by atoms with Gasteiger partial charge in [0.05, 0.1) is 138 Å². The Morgan fingerprint density at radius 1 is 0.266 bits per heavy atom. The highest BCUT2D eigenvalue weighted by molar-refractivity contribution is 6.08. The number of anilines is 8. The van der Waals surface area contributed by atoms with Gasteiger partial charge in [0.2, 0.25) is 0 Å². The Balaban J connectivity index is 0.000000146. The fourth-order valence-corrected chi connectivity index (χ4v) is 14.2. The number of nitrogen functional groups attached to an aromatic ring is 4. The van der Waals surface area contributed by atoms with Crippen molar-refractivity contribution in [2.75, 3.05) is 44.2 Å². The summed E-state index contributed by atoms with van der Waals surface area (Å²) in [7, 11) is 5.70. The van der Waals surface area contributed by atoms with Crippen LogP contribution in [0.5, 0.6) is 0 Å². The molecule has 4 amide bonds. The number of benzene rings is 12. The number of nitrogens with one attached hydrogen (secondary N) is 4. The number of imidazole rings is 4. The van der Waals surface area contributed by atoms with E-state index in [1.165, 1.54) is 92.0 Å². The second-order valence-electron chi connectivity index (χ2n) is 29.4. The maximum absolute atomic E-state index is 13.5. The molecule has 12 aromatic carbocycles. The lowest BCUT2D eigenvalue weighted by Gasteiger charge is -2.11. The number of rotatable bonds is 16. The molecule has 16 aromatic rings. The van der Waals surface area contributed by atoms with Crippen LogP contribution in [0, 0.1) is 0 Å². The molecule has 0 saturated carbocycles. The van der Waals surface area contributed by atoms with Crippen molar-refractivity contribution >= 4 is 113 Å². The average molecular weight is 1760 g/mol. The van der Waals surface area contributed by atoms with Gasteiger partial charge in [-0.15, -0.1) is 0 Å². The number of carbonyl (C=O) groups excluding carboxylic acids is 4. The molecule has 36 heteroatoms. The van der Waals surface area contributed by atoms with Gasteiger partial charge in [-0.3, -0.25) is 55.7 Å². The molecule has 0 aliphatic rings. The summed E-state index contributed by atoms with van der Waals surface area (Å²) in [5.74, 6) is -1.43. The summed E-state index contributed by atoms with van der Waals surface area (Å²) in [6.45, 7) is 0.196. The zero-order valence-electron chi connectivity index (χ0n) is 67.9. The van der Waals surface area contributed by atoms with Crippen LogP contribution in [0.1, 0.15) is 85.9 Å². The van der Waals surface area contributed by atoms with Gasteiger partial charge in [0.25, 0.3) is 23.6 Å². The first-order valence-corrected chi connectivity index (χ1v) is 38.7. The summed E-state index contributed by atoms with van der Waals surface area (Å²) in [5.41, 5.74) is 27.0. The third-order valence-electron chi connectivity index (χ3n) is 20.9. The first kappa shape index (κ1) is 89.7. The third kappa shape index (κ3) is 19.6. The first-order valence-electron chi connectivity index (χ1n) is 38.7. The average Bonchev–Trinajstić information content (AvgIpc) is 1.65. The number of aromatic nitrogens is 8. The molecule has 0 saturated heterocycles. The Bertz CT molecular complexity index is 7070. The number of nitrogens with two attached hydrogens (primary N) is 4. The van der Waals surface area contributed by atoms with Gasteiger partial charge < -0.3 is 44.2 Å². The van der Waals surface area contributed by atoms with Gasteiger partial charge in [-0.05, 0) is 180 Å². The first-order chi connectivity index (χ1) is 60.6. The minimum absolute atomic E-state index is 0.0605. The molecule has 0 fully saturated rings. The number of halogens is 12. The highest BCUT2D eigenvalue weighted by Crippen LogP contribution is 2.38. The van der Waals surface area contributed by atoms with Gasteiger partial charge in [0.1, 0.15) is 0 Å². The maximum atomic E-state index is 13.5. The summed E-state index contributed by atoms with van der Waals surface area (Å²) < 4.78 is 169. The zero-order valence-corrected chi connectivity index (χ0v) is 67.9. The number of carbonyl (C=O) groups is 4. The molecular weight excluding hydrogens is 1690 g/mol. The normalized spacial score (nSPS) is 11.6. The van der Waals surface area contributed by atoms with Crippen LogP contribution < -0.4 is 67.0 Å². The van der Waals surface area contributed by atoms with E-state index in [2.05, 4.69) is 21.3 Å². The van der Waals surface area contributed by atoms with Gasteiger partial charge in [-0.2, -0.15) is 52.7 Å². The van der Waals surface area contributed by atoms with Crippen LogP contribution in [0.3, 0.4) is 0 Å². The number of alkyl halides is 12. The van der Waals surface area contributed by atoms with E-state index in [0.717, 1.165) is 51.1 Å². The lowest BCUT2D eigenvalue weighted by molar-refractivity contribution is -0.138. The van der Waals surface area contributed by atoms with E-state index in [1.807, 2.05) is 0 Å². The molecule has 0 unspecified atom stereocenters. The molecule has 24 nitrogen and oxygen atoms in total. The predicted molar refractivity (Wildman–Crippen MR) is 466 cm³/mol. The van der Waals surface area contributed by atoms with E-state index in [4.69, 9.17) is 22.9 Å². The molecule has 0 atom stereocenters. The van der Waals surface area contributed by atoms with Crippen molar-refractivity contribution in [1.82, 2.24) is 36.5 Å². The van der Waals surface area contributed by atoms with Crippen LogP contribution in [0.25, 0.3) is 44.1 Å².